The molecule has 0 heterocycles. The summed E-state index contributed by atoms with van der Waals surface area (Å²) in [4.78, 5) is 1.85. The number of benzene rings is 1. The first-order valence-corrected chi connectivity index (χ1v) is 8.13. The predicted octanol–water partition coefficient (Wildman–Crippen LogP) is 3.84. The van der Waals surface area contributed by atoms with Gasteiger partial charge in [-0.15, -0.1) is 0 Å². The molecular formula is C17H24F2N2. The highest BCUT2D eigenvalue weighted by atomic mass is 19.1. The smallest absolute Gasteiger partial charge is 0.149 e. The lowest BCUT2D eigenvalue weighted by Crippen LogP contribution is -2.33. The minimum absolute atomic E-state index is 0.152. The Hall–Kier alpha value is -1.16. The third kappa shape index (κ3) is 3.54. The van der Waals surface area contributed by atoms with E-state index in [2.05, 4.69) is 5.32 Å². The third-order valence-electron chi connectivity index (χ3n) is 4.65. The second kappa shape index (κ2) is 6.30. The highest BCUT2D eigenvalue weighted by Crippen LogP contribution is 2.31. The van der Waals surface area contributed by atoms with E-state index in [0.717, 1.165) is 6.54 Å². The number of nitrogens with one attached hydrogen (secondary N) is 1. The van der Waals surface area contributed by atoms with Gasteiger partial charge >= 0.3 is 0 Å². The molecule has 2 aliphatic carbocycles. The standard InChI is InChI=1S/C17H24F2N2/c1-2-21(11-12-4-3-5-12)17-15(18)8-13(9-16(17)19)10-20-14-6-7-14/h8-9,12,14,20H,2-7,10-11H2,1H3. The molecule has 0 aliphatic heterocycles. The molecule has 1 aromatic rings. The molecule has 116 valence electrons. The number of nitrogens with zero attached hydrogens (tertiary/aromatic N) is 1. The summed E-state index contributed by atoms with van der Waals surface area (Å²) < 4.78 is 28.7. The van der Waals surface area contributed by atoms with Crippen molar-refractivity contribution in [2.24, 2.45) is 5.92 Å². The molecule has 0 spiro atoms. The van der Waals surface area contributed by atoms with Crippen LogP contribution in [0.1, 0.15) is 44.6 Å². The van der Waals surface area contributed by atoms with Gasteiger partial charge < -0.3 is 10.2 Å². The van der Waals surface area contributed by atoms with Gasteiger partial charge in [0.05, 0.1) is 0 Å². The Kier molecular flexibility index (Phi) is 4.43. The zero-order valence-electron chi connectivity index (χ0n) is 12.7. The zero-order valence-corrected chi connectivity index (χ0v) is 12.7. The van der Waals surface area contributed by atoms with Crippen LogP contribution < -0.4 is 10.2 Å². The molecule has 2 aliphatic rings. The van der Waals surface area contributed by atoms with Crippen LogP contribution in [-0.4, -0.2) is 19.1 Å². The van der Waals surface area contributed by atoms with Crippen molar-refractivity contribution in [3.8, 4) is 0 Å². The number of halogens is 2. The SMILES string of the molecule is CCN(CC1CCC1)c1c(F)cc(CNC2CC2)cc1F. The first-order valence-electron chi connectivity index (χ1n) is 8.13. The molecule has 21 heavy (non-hydrogen) atoms. The molecule has 2 nitrogen and oxygen atoms in total. The molecular weight excluding hydrogens is 270 g/mol. The molecule has 1 N–H and O–H groups in total. The Morgan fingerprint density at radius 3 is 2.29 bits per heavy atom. The summed E-state index contributed by atoms with van der Waals surface area (Å²) in [5, 5.41) is 3.29. The van der Waals surface area contributed by atoms with Gasteiger partial charge in [-0.05, 0) is 56.2 Å². The van der Waals surface area contributed by atoms with Crippen LogP contribution in [-0.2, 0) is 6.54 Å². The molecule has 0 atom stereocenters. The Balaban J connectivity index is 1.72. The molecule has 0 saturated heterocycles. The van der Waals surface area contributed by atoms with Gasteiger partial charge in [0.1, 0.15) is 17.3 Å². The topological polar surface area (TPSA) is 15.3 Å². The molecule has 2 saturated carbocycles. The quantitative estimate of drug-likeness (QED) is 0.822. The average molecular weight is 294 g/mol. The van der Waals surface area contributed by atoms with E-state index in [4.69, 9.17) is 0 Å². The van der Waals surface area contributed by atoms with E-state index < -0.39 is 11.6 Å². The molecule has 0 unspecified atom stereocenters. The maximum Gasteiger partial charge on any atom is 0.149 e. The van der Waals surface area contributed by atoms with E-state index in [-0.39, 0.29) is 5.69 Å². The summed E-state index contributed by atoms with van der Waals surface area (Å²) in [6.07, 6.45) is 5.97. The van der Waals surface area contributed by atoms with Gasteiger partial charge in [0.2, 0.25) is 0 Å². The fourth-order valence-electron chi connectivity index (χ4n) is 2.94. The van der Waals surface area contributed by atoms with Crippen molar-refractivity contribution in [3.05, 3.63) is 29.3 Å². The second-order valence-electron chi connectivity index (χ2n) is 6.40. The average Bonchev–Trinajstić information content (AvgIpc) is 3.21. The highest BCUT2D eigenvalue weighted by molar-refractivity contribution is 5.50. The predicted molar refractivity (Wildman–Crippen MR) is 81.4 cm³/mol. The molecule has 0 aromatic heterocycles. The summed E-state index contributed by atoms with van der Waals surface area (Å²) >= 11 is 0. The Morgan fingerprint density at radius 2 is 1.81 bits per heavy atom. The summed E-state index contributed by atoms with van der Waals surface area (Å²) in [5.41, 5.74) is 0.847. The van der Waals surface area contributed by atoms with Crippen molar-refractivity contribution in [1.29, 1.82) is 0 Å². The summed E-state index contributed by atoms with van der Waals surface area (Å²) in [6.45, 7) is 3.92. The molecule has 1 aromatic carbocycles. The van der Waals surface area contributed by atoms with Crippen LogP contribution in [0.2, 0.25) is 0 Å². The van der Waals surface area contributed by atoms with Crippen molar-refractivity contribution in [3.63, 3.8) is 0 Å². The van der Waals surface area contributed by atoms with Crippen molar-refractivity contribution in [2.45, 2.75) is 51.6 Å². The van der Waals surface area contributed by atoms with Crippen LogP contribution >= 0.6 is 0 Å². The van der Waals surface area contributed by atoms with E-state index >= 15 is 0 Å². The maximum absolute atomic E-state index is 14.4. The van der Waals surface area contributed by atoms with Gasteiger partial charge in [-0.3, -0.25) is 0 Å². The Bertz CT molecular complexity index is 473. The third-order valence-corrected chi connectivity index (χ3v) is 4.65. The number of anilines is 1. The fourth-order valence-corrected chi connectivity index (χ4v) is 2.94. The van der Waals surface area contributed by atoms with Gasteiger partial charge in [0.15, 0.2) is 0 Å². The van der Waals surface area contributed by atoms with Crippen LogP contribution in [0.3, 0.4) is 0 Å². The molecule has 0 amide bonds. The molecule has 2 fully saturated rings. The van der Waals surface area contributed by atoms with Crippen LogP contribution in [0, 0.1) is 17.6 Å². The first-order chi connectivity index (χ1) is 10.2. The lowest BCUT2D eigenvalue weighted by Gasteiger charge is -2.33. The second-order valence-corrected chi connectivity index (χ2v) is 6.40. The Morgan fingerprint density at radius 1 is 1.14 bits per heavy atom. The maximum atomic E-state index is 14.4. The molecule has 4 heteroatoms. The van der Waals surface area contributed by atoms with Crippen molar-refractivity contribution >= 4 is 5.69 Å². The van der Waals surface area contributed by atoms with Crippen molar-refractivity contribution < 1.29 is 8.78 Å². The number of rotatable bonds is 7. The van der Waals surface area contributed by atoms with Crippen LogP contribution in [0.15, 0.2) is 12.1 Å². The summed E-state index contributed by atoms with van der Waals surface area (Å²) in [7, 11) is 0. The van der Waals surface area contributed by atoms with Gasteiger partial charge in [-0.2, -0.15) is 0 Å². The van der Waals surface area contributed by atoms with E-state index in [1.165, 1.54) is 44.2 Å². The largest absolute Gasteiger partial charge is 0.367 e. The number of hydrogen-bond acceptors (Lipinski definition) is 2. The van der Waals surface area contributed by atoms with Gasteiger partial charge in [-0.25, -0.2) is 8.78 Å². The lowest BCUT2D eigenvalue weighted by molar-refractivity contribution is 0.317. The summed E-state index contributed by atoms with van der Waals surface area (Å²) in [6, 6.07) is 3.51. The summed E-state index contributed by atoms with van der Waals surface area (Å²) in [5.74, 6) is -0.257. The monoisotopic (exact) mass is 294 g/mol. The molecule has 0 bridgehead atoms. The van der Waals surface area contributed by atoms with E-state index in [1.807, 2.05) is 11.8 Å². The lowest BCUT2D eigenvalue weighted by atomic mass is 9.85. The minimum atomic E-state index is -0.427. The van der Waals surface area contributed by atoms with Crippen LogP contribution in [0.4, 0.5) is 14.5 Å². The van der Waals surface area contributed by atoms with Crippen LogP contribution in [0.5, 0.6) is 0 Å². The zero-order chi connectivity index (χ0) is 14.8. The van der Waals surface area contributed by atoms with E-state index in [1.54, 1.807) is 0 Å². The van der Waals surface area contributed by atoms with Crippen LogP contribution in [0.25, 0.3) is 0 Å². The van der Waals surface area contributed by atoms with E-state index in [0.29, 0.717) is 30.6 Å². The first kappa shape index (κ1) is 14.8. The molecule has 0 radical (unpaired) electrons. The van der Waals surface area contributed by atoms with Gasteiger partial charge in [0, 0.05) is 25.7 Å². The minimum Gasteiger partial charge on any atom is -0.367 e. The highest BCUT2D eigenvalue weighted by Gasteiger charge is 2.24. The normalized spacial score (nSPS) is 18.6. The van der Waals surface area contributed by atoms with Crippen molar-refractivity contribution in [1.82, 2.24) is 5.32 Å². The number of hydrogen-bond donors (Lipinski definition) is 1. The van der Waals surface area contributed by atoms with E-state index in [9.17, 15) is 8.78 Å². The molecule has 3 rings (SSSR count). The Labute approximate surface area is 125 Å². The van der Waals surface area contributed by atoms with Gasteiger partial charge in [-0.1, -0.05) is 6.42 Å². The van der Waals surface area contributed by atoms with Gasteiger partial charge in [0.25, 0.3) is 0 Å². The van der Waals surface area contributed by atoms with Crippen molar-refractivity contribution in [2.75, 3.05) is 18.0 Å². The fraction of sp³-hybridized carbons (Fsp3) is 0.647.